The second-order valence-corrected chi connectivity index (χ2v) is 3.49. The van der Waals surface area contributed by atoms with Gasteiger partial charge in [-0.3, -0.25) is 4.79 Å². The molecule has 1 rings (SSSR count). The van der Waals surface area contributed by atoms with Crippen molar-refractivity contribution in [3.63, 3.8) is 0 Å². The minimum absolute atomic E-state index is 0.113. The van der Waals surface area contributed by atoms with Crippen LogP contribution in [0.15, 0.2) is 24.3 Å². The van der Waals surface area contributed by atoms with Crippen molar-refractivity contribution in [2.75, 3.05) is 0 Å². The quantitative estimate of drug-likeness (QED) is 0.809. The van der Waals surface area contributed by atoms with E-state index >= 15 is 0 Å². The first kappa shape index (κ1) is 12.1. The Labute approximate surface area is 94.5 Å². The van der Waals surface area contributed by atoms with Gasteiger partial charge in [0.05, 0.1) is 6.07 Å². The SMILES string of the molecule is CCCC(C#N)NC(=O)c1ccc(O)cc1. The van der Waals surface area contributed by atoms with Gasteiger partial charge < -0.3 is 10.4 Å². The molecule has 0 heterocycles. The molecule has 1 unspecified atom stereocenters. The van der Waals surface area contributed by atoms with Gasteiger partial charge in [-0.15, -0.1) is 0 Å². The number of amides is 1. The number of phenols is 1. The van der Waals surface area contributed by atoms with Gasteiger partial charge in [0.25, 0.3) is 5.91 Å². The molecule has 0 aromatic heterocycles. The second-order valence-electron chi connectivity index (χ2n) is 3.49. The summed E-state index contributed by atoms with van der Waals surface area (Å²) >= 11 is 0. The van der Waals surface area contributed by atoms with Crippen LogP contribution in [0.3, 0.4) is 0 Å². The number of carbonyl (C=O) groups excluding carboxylic acids is 1. The van der Waals surface area contributed by atoms with E-state index in [1.807, 2.05) is 13.0 Å². The van der Waals surface area contributed by atoms with E-state index in [0.29, 0.717) is 12.0 Å². The molecule has 0 saturated heterocycles. The molecule has 84 valence electrons. The van der Waals surface area contributed by atoms with Crippen LogP contribution in [-0.2, 0) is 0 Å². The third-order valence-electron chi connectivity index (χ3n) is 2.17. The Hall–Kier alpha value is -2.02. The Morgan fingerprint density at radius 2 is 2.12 bits per heavy atom. The summed E-state index contributed by atoms with van der Waals surface area (Å²) in [6, 6.07) is 7.50. The van der Waals surface area contributed by atoms with E-state index in [9.17, 15) is 4.79 Å². The topological polar surface area (TPSA) is 73.1 Å². The van der Waals surface area contributed by atoms with Gasteiger partial charge in [0.15, 0.2) is 0 Å². The summed E-state index contributed by atoms with van der Waals surface area (Å²) in [5, 5.41) is 20.5. The average molecular weight is 218 g/mol. The molecule has 0 saturated carbocycles. The highest BCUT2D eigenvalue weighted by Gasteiger charge is 2.11. The molecule has 2 N–H and O–H groups in total. The van der Waals surface area contributed by atoms with Crippen LogP contribution in [0.2, 0.25) is 0 Å². The number of hydrogen-bond acceptors (Lipinski definition) is 3. The minimum atomic E-state index is -0.452. The van der Waals surface area contributed by atoms with Gasteiger partial charge >= 0.3 is 0 Å². The number of phenolic OH excluding ortho intramolecular Hbond substituents is 1. The number of benzene rings is 1. The van der Waals surface area contributed by atoms with Crippen LogP contribution in [-0.4, -0.2) is 17.1 Å². The number of rotatable bonds is 4. The fourth-order valence-corrected chi connectivity index (χ4v) is 1.31. The highest BCUT2D eigenvalue weighted by atomic mass is 16.3. The zero-order valence-electron chi connectivity index (χ0n) is 9.10. The molecule has 0 aliphatic carbocycles. The molecule has 0 aliphatic rings. The van der Waals surface area contributed by atoms with Crippen LogP contribution < -0.4 is 5.32 Å². The lowest BCUT2D eigenvalue weighted by molar-refractivity contribution is 0.0944. The summed E-state index contributed by atoms with van der Waals surface area (Å²) in [5.41, 5.74) is 0.439. The first-order valence-corrected chi connectivity index (χ1v) is 5.17. The second kappa shape index (κ2) is 5.76. The van der Waals surface area contributed by atoms with Gasteiger partial charge in [0.2, 0.25) is 0 Å². The lowest BCUT2D eigenvalue weighted by atomic mass is 10.1. The standard InChI is InChI=1S/C12H14N2O2/c1-2-3-10(8-13)14-12(16)9-4-6-11(15)7-5-9/h4-7,10,15H,2-3H2,1H3,(H,14,16). The molecule has 16 heavy (non-hydrogen) atoms. The smallest absolute Gasteiger partial charge is 0.252 e. The number of aromatic hydroxyl groups is 1. The van der Waals surface area contributed by atoms with E-state index in [4.69, 9.17) is 10.4 Å². The van der Waals surface area contributed by atoms with E-state index in [1.54, 1.807) is 0 Å². The molecular weight excluding hydrogens is 204 g/mol. The molecule has 0 radical (unpaired) electrons. The number of nitrogens with one attached hydrogen (secondary N) is 1. The monoisotopic (exact) mass is 218 g/mol. The summed E-state index contributed by atoms with van der Waals surface area (Å²) in [6.45, 7) is 1.96. The molecule has 1 aromatic rings. The van der Waals surface area contributed by atoms with Crippen LogP contribution in [0, 0.1) is 11.3 Å². The minimum Gasteiger partial charge on any atom is -0.508 e. The maximum atomic E-state index is 11.7. The van der Waals surface area contributed by atoms with Crippen LogP contribution in [0.5, 0.6) is 5.75 Å². The first-order chi connectivity index (χ1) is 7.67. The van der Waals surface area contributed by atoms with Crippen molar-refractivity contribution < 1.29 is 9.90 Å². The largest absolute Gasteiger partial charge is 0.508 e. The Bertz CT molecular complexity index is 392. The normalized spacial score (nSPS) is 11.5. The van der Waals surface area contributed by atoms with E-state index in [0.717, 1.165) is 6.42 Å². The number of nitriles is 1. The number of carbonyl (C=O) groups is 1. The molecule has 4 heteroatoms. The predicted octanol–water partition coefficient (Wildman–Crippen LogP) is 1.81. The molecule has 0 spiro atoms. The van der Waals surface area contributed by atoms with E-state index in [1.165, 1.54) is 24.3 Å². The molecule has 1 atom stereocenters. The fourth-order valence-electron chi connectivity index (χ4n) is 1.31. The molecule has 4 nitrogen and oxygen atoms in total. The Balaban J connectivity index is 2.65. The van der Waals surface area contributed by atoms with Gasteiger partial charge in [0, 0.05) is 5.56 Å². The van der Waals surface area contributed by atoms with Gasteiger partial charge in [0.1, 0.15) is 11.8 Å². The van der Waals surface area contributed by atoms with Crippen molar-refractivity contribution in [1.29, 1.82) is 5.26 Å². The van der Waals surface area contributed by atoms with Crippen molar-refractivity contribution >= 4 is 5.91 Å². The first-order valence-electron chi connectivity index (χ1n) is 5.17. The molecule has 1 aromatic carbocycles. The van der Waals surface area contributed by atoms with E-state index < -0.39 is 6.04 Å². The van der Waals surface area contributed by atoms with E-state index in [-0.39, 0.29) is 11.7 Å². The van der Waals surface area contributed by atoms with Crippen molar-refractivity contribution in [1.82, 2.24) is 5.32 Å². The lowest BCUT2D eigenvalue weighted by Crippen LogP contribution is -2.33. The summed E-state index contributed by atoms with van der Waals surface area (Å²) in [5.74, 6) is -0.179. The fraction of sp³-hybridized carbons (Fsp3) is 0.333. The van der Waals surface area contributed by atoms with Gasteiger partial charge in [-0.25, -0.2) is 0 Å². The highest BCUT2D eigenvalue weighted by molar-refractivity contribution is 5.94. The Morgan fingerprint density at radius 1 is 1.50 bits per heavy atom. The summed E-state index contributed by atoms with van der Waals surface area (Å²) in [7, 11) is 0. The summed E-state index contributed by atoms with van der Waals surface area (Å²) < 4.78 is 0. The Morgan fingerprint density at radius 3 is 2.62 bits per heavy atom. The molecule has 0 bridgehead atoms. The van der Waals surface area contributed by atoms with Crippen LogP contribution >= 0.6 is 0 Å². The van der Waals surface area contributed by atoms with Crippen LogP contribution in [0.1, 0.15) is 30.1 Å². The molecule has 1 amide bonds. The molecule has 0 aliphatic heterocycles. The molecule has 0 fully saturated rings. The molecular formula is C12H14N2O2. The number of hydrogen-bond donors (Lipinski definition) is 2. The van der Waals surface area contributed by atoms with Crippen LogP contribution in [0.25, 0.3) is 0 Å². The van der Waals surface area contributed by atoms with Crippen molar-refractivity contribution in [2.24, 2.45) is 0 Å². The maximum Gasteiger partial charge on any atom is 0.252 e. The number of nitrogens with zero attached hydrogens (tertiary/aromatic N) is 1. The average Bonchev–Trinajstić information content (AvgIpc) is 2.29. The van der Waals surface area contributed by atoms with Crippen molar-refractivity contribution in [3.8, 4) is 11.8 Å². The zero-order valence-corrected chi connectivity index (χ0v) is 9.10. The highest BCUT2D eigenvalue weighted by Crippen LogP contribution is 2.09. The zero-order chi connectivity index (χ0) is 12.0. The van der Waals surface area contributed by atoms with Crippen molar-refractivity contribution in [3.05, 3.63) is 29.8 Å². The summed E-state index contributed by atoms with van der Waals surface area (Å²) in [4.78, 5) is 11.7. The third-order valence-corrected chi connectivity index (χ3v) is 2.17. The summed E-state index contributed by atoms with van der Waals surface area (Å²) in [6.07, 6.45) is 1.48. The predicted molar refractivity (Wildman–Crippen MR) is 59.9 cm³/mol. The van der Waals surface area contributed by atoms with Gasteiger partial charge in [-0.05, 0) is 30.7 Å². The van der Waals surface area contributed by atoms with Gasteiger partial charge in [-0.2, -0.15) is 5.26 Å². The van der Waals surface area contributed by atoms with Crippen LogP contribution in [0.4, 0.5) is 0 Å². The van der Waals surface area contributed by atoms with E-state index in [2.05, 4.69) is 5.32 Å². The third kappa shape index (κ3) is 3.28. The maximum absolute atomic E-state index is 11.7. The Kier molecular flexibility index (Phi) is 4.34. The lowest BCUT2D eigenvalue weighted by Gasteiger charge is -2.10. The van der Waals surface area contributed by atoms with Gasteiger partial charge in [-0.1, -0.05) is 13.3 Å². The van der Waals surface area contributed by atoms with Crippen molar-refractivity contribution in [2.45, 2.75) is 25.8 Å².